The second-order valence-electron chi connectivity index (χ2n) is 9.01. The molecule has 38 heavy (non-hydrogen) atoms. The molecule has 0 bridgehead atoms. The minimum absolute atomic E-state index is 0.00682. The first kappa shape index (κ1) is 26.8. The van der Waals surface area contributed by atoms with Crippen molar-refractivity contribution in [3.63, 3.8) is 0 Å². The van der Waals surface area contributed by atoms with Crippen molar-refractivity contribution in [1.29, 1.82) is 0 Å². The van der Waals surface area contributed by atoms with Gasteiger partial charge in [-0.3, -0.25) is 4.99 Å². The number of hydrogen-bond acceptors (Lipinski definition) is 6. The van der Waals surface area contributed by atoms with E-state index < -0.39 is 35.6 Å². The average molecular weight is 528 g/mol. The molecule has 1 saturated heterocycles. The highest BCUT2D eigenvalue weighted by Gasteiger charge is 2.39. The second kappa shape index (κ2) is 11.0. The van der Waals surface area contributed by atoms with Crippen LogP contribution in [0.1, 0.15) is 30.3 Å². The summed E-state index contributed by atoms with van der Waals surface area (Å²) in [5.41, 5.74) is 2.69. The van der Waals surface area contributed by atoms with Gasteiger partial charge in [-0.05, 0) is 32.4 Å². The number of aryl methyl sites for hydroxylation is 1. The number of urea groups is 1. The van der Waals surface area contributed by atoms with Crippen molar-refractivity contribution in [2.75, 3.05) is 20.1 Å². The highest BCUT2D eigenvalue weighted by atomic mass is 19.1. The minimum atomic E-state index is -0.805. The van der Waals surface area contributed by atoms with Crippen molar-refractivity contribution >= 4 is 18.5 Å². The van der Waals surface area contributed by atoms with Crippen molar-refractivity contribution in [3.8, 4) is 11.6 Å². The maximum Gasteiger partial charge on any atom is 0.341 e. The fraction of sp³-hybridized carbons (Fsp3) is 0.346. The van der Waals surface area contributed by atoms with Crippen LogP contribution in [0.5, 0.6) is 5.75 Å². The first-order chi connectivity index (χ1) is 18.1. The van der Waals surface area contributed by atoms with Gasteiger partial charge in [-0.2, -0.15) is 10.2 Å². The normalized spacial score (nSPS) is 18.4. The summed E-state index contributed by atoms with van der Waals surface area (Å²) in [5.74, 6) is -1.75. The van der Waals surface area contributed by atoms with E-state index in [0.29, 0.717) is 12.2 Å². The summed E-state index contributed by atoms with van der Waals surface area (Å²) in [5, 5.41) is 9.78. The first-order valence-electron chi connectivity index (χ1n) is 11.9. The third-order valence-corrected chi connectivity index (χ3v) is 6.15. The Morgan fingerprint density at radius 1 is 1.26 bits per heavy atom. The number of pyridine rings is 1. The summed E-state index contributed by atoms with van der Waals surface area (Å²) in [7, 11) is 1.67. The van der Waals surface area contributed by atoms with Crippen LogP contribution in [0.3, 0.4) is 0 Å². The minimum Gasteiger partial charge on any atom is -0.483 e. The number of nitrogens with zero attached hydrogens (tertiary/aromatic N) is 7. The summed E-state index contributed by atoms with van der Waals surface area (Å²) in [6.07, 6.45) is 6.02. The molecule has 0 saturated carbocycles. The lowest BCUT2D eigenvalue weighted by Gasteiger charge is -2.41. The quantitative estimate of drug-likeness (QED) is 0.389. The van der Waals surface area contributed by atoms with Gasteiger partial charge in [0.2, 0.25) is 0 Å². The van der Waals surface area contributed by atoms with E-state index in [4.69, 9.17) is 4.74 Å². The van der Waals surface area contributed by atoms with E-state index >= 15 is 0 Å². The predicted octanol–water partition coefficient (Wildman–Crippen LogP) is 4.60. The van der Waals surface area contributed by atoms with Crippen molar-refractivity contribution in [3.05, 3.63) is 71.0 Å². The Bertz CT molecular complexity index is 1370. The molecule has 0 aliphatic carbocycles. The first-order valence-corrected chi connectivity index (χ1v) is 11.9. The van der Waals surface area contributed by atoms with Gasteiger partial charge in [-0.25, -0.2) is 32.6 Å². The van der Waals surface area contributed by atoms with Crippen LogP contribution in [-0.4, -0.2) is 75.4 Å². The van der Waals surface area contributed by atoms with Crippen LogP contribution in [-0.2, 0) is 0 Å². The molecule has 200 valence electrons. The van der Waals surface area contributed by atoms with Gasteiger partial charge in [0.15, 0.2) is 17.4 Å². The van der Waals surface area contributed by atoms with E-state index in [1.54, 1.807) is 17.9 Å². The van der Waals surface area contributed by atoms with Crippen LogP contribution in [0.2, 0.25) is 0 Å². The Morgan fingerprint density at radius 3 is 2.68 bits per heavy atom. The standard InChI is InChI=1S/C26H28F3N7O2/c1-15(8-19(28)9-16(2)27)23-6-7-32-36(23)26(37)34-13-20(14-34)38-24-10-25(31-12-22(24)29)35-18(4)21(11-30-5)17(3)33-35/h7-12,20,23H,1,6,13-14H2,2-5H3/b16-9+,19-8+,30-11+/t23-/m0/s1. The molecule has 4 heterocycles. The molecule has 4 rings (SSSR count). The lowest BCUT2D eigenvalue weighted by atomic mass is 10.1. The molecule has 2 aliphatic heterocycles. The number of aliphatic imine (C=N–C) groups is 1. The molecule has 1 atom stereocenters. The van der Waals surface area contributed by atoms with Gasteiger partial charge in [-0.1, -0.05) is 6.58 Å². The van der Waals surface area contributed by atoms with Crippen LogP contribution in [0.4, 0.5) is 18.0 Å². The summed E-state index contributed by atoms with van der Waals surface area (Å²) < 4.78 is 48.8. The van der Waals surface area contributed by atoms with Crippen molar-refractivity contribution in [2.45, 2.75) is 39.3 Å². The number of hydrogen-bond donors (Lipinski definition) is 0. The van der Waals surface area contributed by atoms with E-state index in [2.05, 4.69) is 26.8 Å². The van der Waals surface area contributed by atoms with Crippen LogP contribution in [0.15, 0.2) is 58.3 Å². The Balaban J connectivity index is 1.40. The maximum absolute atomic E-state index is 14.5. The molecule has 0 unspecified atom stereocenters. The second-order valence-corrected chi connectivity index (χ2v) is 9.01. The third kappa shape index (κ3) is 5.53. The molecule has 0 aromatic carbocycles. The molecule has 0 spiro atoms. The van der Waals surface area contributed by atoms with Gasteiger partial charge < -0.3 is 9.64 Å². The summed E-state index contributed by atoms with van der Waals surface area (Å²) in [6, 6.07) is 0.454. The Hall–Kier alpha value is -4.22. The topological polar surface area (TPSA) is 88.2 Å². The number of halogens is 3. The van der Waals surface area contributed by atoms with Crippen molar-refractivity contribution in [1.82, 2.24) is 24.7 Å². The number of amides is 2. The van der Waals surface area contributed by atoms with Gasteiger partial charge in [0, 0.05) is 43.6 Å². The number of rotatable bonds is 7. The van der Waals surface area contributed by atoms with E-state index in [9.17, 15) is 18.0 Å². The van der Waals surface area contributed by atoms with Crippen LogP contribution >= 0.6 is 0 Å². The largest absolute Gasteiger partial charge is 0.483 e. The van der Waals surface area contributed by atoms with E-state index in [0.717, 1.165) is 42.2 Å². The Morgan fingerprint density at radius 2 is 2.00 bits per heavy atom. The van der Waals surface area contributed by atoms with Gasteiger partial charge in [0.25, 0.3) is 0 Å². The summed E-state index contributed by atoms with van der Waals surface area (Å²) in [6.45, 7) is 9.05. The zero-order valence-corrected chi connectivity index (χ0v) is 21.5. The zero-order valence-electron chi connectivity index (χ0n) is 21.5. The van der Waals surface area contributed by atoms with Crippen LogP contribution in [0, 0.1) is 19.7 Å². The number of allylic oxidation sites excluding steroid dienone is 3. The zero-order chi connectivity index (χ0) is 27.6. The fourth-order valence-corrected chi connectivity index (χ4v) is 4.21. The summed E-state index contributed by atoms with van der Waals surface area (Å²) in [4.78, 5) is 22.7. The number of carbonyl (C=O) groups excluding carboxylic acids is 1. The Kier molecular flexibility index (Phi) is 7.79. The number of hydrazone groups is 1. The summed E-state index contributed by atoms with van der Waals surface area (Å²) >= 11 is 0. The monoisotopic (exact) mass is 527 g/mol. The van der Waals surface area contributed by atoms with E-state index in [1.165, 1.54) is 22.2 Å². The SMILES string of the molecule is C=C(/C=C(F)\C=C(/C)F)[C@@H]1CC=NN1C(=O)N1CC(Oc2cc(-n3nc(C)c(/C=N/C)c3C)ncc2F)C1. The molecule has 0 N–H and O–H groups in total. The molecule has 2 aliphatic rings. The molecule has 9 nitrogen and oxygen atoms in total. The molecular formula is C26H28F3N7O2. The number of aromatic nitrogens is 3. The van der Waals surface area contributed by atoms with E-state index in [-0.39, 0.29) is 24.4 Å². The smallest absolute Gasteiger partial charge is 0.341 e. The third-order valence-electron chi connectivity index (χ3n) is 6.15. The van der Waals surface area contributed by atoms with Gasteiger partial charge in [-0.15, -0.1) is 0 Å². The number of likely N-dealkylation sites (tertiary alicyclic amines) is 1. The molecular weight excluding hydrogens is 499 g/mol. The fourth-order valence-electron chi connectivity index (χ4n) is 4.21. The predicted molar refractivity (Wildman–Crippen MR) is 138 cm³/mol. The van der Waals surface area contributed by atoms with Gasteiger partial charge in [0.05, 0.1) is 42.5 Å². The lowest BCUT2D eigenvalue weighted by Crippen LogP contribution is -2.59. The van der Waals surface area contributed by atoms with Gasteiger partial charge >= 0.3 is 6.03 Å². The highest BCUT2D eigenvalue weighted by Crippen LogP contribution is 2.28. The molecule has 12 heteroatoms. The molecule has 0 radical (unpaired) electrons. The number of carbonyl (C=O) groups is 1. The van der Waals surface area contributed by atoms with Crippen molar-refractivity contribution in [2.24, 2.45) is 10.1 Å². The highest BCUT2D eigenvalue weighted by molar-refractivity contribution is 5.82. The Labute approximate surface area is 218 Å². The van der Waals surface area contributed by atoms with Crippen LogP contribution in [0.25, 0.3) is 5.82 Å². The number of ether oxygens (including phenoxy) is 1. The molecule has 1 fully saturated rings. The average Bonchev–Trinajstić information content (AvgIpc) is 3.42. The van der Waals surface area contributed by atoms with Crippen molar-refractivity contribution < 1.29 is 22.7 Å². The molecule has 2 aromatic heterocycles. The molecule has 2 aromatic rings. The lowest BCUT2D eigenvalue weighted by molar-refractivity contribution is 0.0273. The van der Waals surface area contributed by atoms with E-state index in [1.807, 2.05) is 13.8 Å². The maximum atomic E-state index is 14.5. The van der Waals surface area contributed by atoms with Crippen LogP contribution < -0.4 is 4.74 Å². The van der Waals surface area contributed by atoms with Gasteiger partial charge in [0.1, 0.15) is 11.9 Å². The molecule has 2 amide bonds.